The molecule has 5 heteroatoms. The first-order valence-corrected chi connectivity index (χ1v) is 8.26. The van der Waals surface area contributed by atoms with E-state index in [1.54, 1.807) is 0 Å². The molecule has 0 aromatic heterocycles. The van der Waals surface area contributed by atoms with E-state index in [-0.39, 0.29) is 11.8 Å². The molecule has 25 heavy (non-hydrogen) atoms. The molecule has 2 N–H and O–H groups in total. The second-order valence-electron chi connectivity index (χ2n) is 6.41. The SMILES string of the molecule is Cc1cccc(CNC(=O)C(NC(=O)c2ccc(F)cc2)C(C)C)c1. The molecule has 4 nitrogen and oxygen atoms in total. The summed E-state index contributed by atoms with van der Waals surface area (Å²) in [5.74, 6) is -1.13. The van der Waals surface area contributed by atoms with Crippen LogP contribution in [-0.2, 0) is 11.3 Å². The zero-order valence-corrected chi connectivity index (χ0v) is 14.7. The van der Waals surface area contributed by atoms with Gasteiger partial charge in [-0.25, -0.2) is 4.39 Å². The van der Waals surface area contributed by atoms with Crippen molar-refractivity contribution in [2.24, 2.45) is 5.92 Å². The highest BCUT2D eigenvalue weighted by Crippen LogP contribution is 2.08. The molecule has 0 saturated carbocycles. The molecule has 0 fully saturated rings. The van der Waals surface area contributed by atoms with Crippen LogP contribution < -0.4 is 10.6 Å². The summed E-state index contributed by atoms with van der Waals surface area (Å²) in [6.45, 7) is 6.12. The lowest BCUT2D eigenvalue weighted by Crippen LogP contribution is -2.49. The predicted octanol–water partition coefficient (Wildman–Crippen LogP) is 3.20. The van der Waals surface area contributed by atoms with Crippen molar-refractivity contribution in [2.45, 2.75) is 33.4 Å². The van der Waals surface area contributed by atoms with E-state index in [0.29, 0.717) is 12.1 Å². The van der Waals surface area contributed by atoms with Crippen LogP contribution >= 0.6 is 0 Å². The highest BCUT2D eigenvalue weighted by atomic mass is 19.1. The molecule has 2 aromatic carbocycles. The normalized spacial score (nSPS) is 11.9. The minimum absolute atomic E-state index is 0.0816. The fraction of sp³-hybridized carbons (Fsp3) is 0.300. The number of halogens is 1. The summed E-state index contributed by atoms with van der Waals surface area (Å²) < 4.78 is 13.0. The van der Waals surface area contributed by atoms with E-state index < -0.39 is 17.8 Å². The second-order valence-corrected chi connectivity index (χ2v) is 6.41. The number of benzene rings is 2. The number of aryl methyl sites for hydroxylation is 1. The first-order valence-electron chi connectivity index (χ1n) is 8.26. The Balaban J connectivity index is 2.00. The molecule has 1 atom stereocenters. The Bertz CT molecular complexity index is 742. The molecule has 1 unspecified atom stereocenters. The lowest BCUT2D eigenvalue weighted by molar-refractivity contribution is -0.124. The maximum atomic E-state index is 13.0. The number of hydrogen-bond acceptors (Lipinski definition) is 2. The molecule has 0 aliphatic carbocycles. The Morgan fingerprint density at radius 1 is 1.08 bits per heavy atom. The Kier molecular flexibility index (Phi) is 6.28. The maximum absolute atomic E-state index is 13.0. The van der Waals surface area contributed by atoms with Crippen molar-refractivity contribution in [2.75, 3.05) is 0 Å². The van der Waals surface area contributed by atoms with Crippen molar-refractivity contribution in [1.82, 2.24) is 10.6 Å². The number of nitrogens with one attached hydrogen (secondary N) is 2. The molecule has 0 saturated heterocycles. The third kappa shape index (κ3) is 5.41. The first kappa shape index (κ1) is 18.6. The summed E-state index contributed by atoms with van der Waals surface area (Å²) in [5.41, 5.74) is 2.44. The highest BCUT2D eigenvalue weighted by molar-refractivity contribution is 5.97. The van der Waals surface area contributed by atoms with Gasteiger partial charge < -0.3 is 10.6 Å². The maximum Gasteiger partial charge on any atom is 0.251 e. The van der Waals surface area contributed by atoms with Gasteiger partial charge in [-0.2, -0.15) is 0 Å². The van der Waals surface area contributed by atoms with Crippen LogP contribution in [0.4, 0.5) is 4.39 Å². The van der Waals surface area contributed by atoms with Gasteiger partial charge in [-0.3, -0.25) is 9.59 Å². The van der Waals surface area contributed by atoms with Crippen molar-refractivity contribution >= 4 is 11.8 Å². The smallest absolute Gasteiger partial charge is 0.251 e. The molecule has 2 rings (SSSR count). The van der Waals surface area contributed by atoms with E-state index >= 15 is 0 Å². The first-order chi connectivity index (χ1) is 11.9. The molecule has 132 valence electrons. The van der Waals surface area contributed by atoms with Crippen LogP contribution in [0.3, 0.4) is 0 Å². The van der Waals surface area contributed by atoms with E-state index in [0.717, 1.165) is 11.1 Å². The fourth-order valence-electron chi connectivity index (χ4n) is 2.48. The van der Waals surface area contributed by atoms with Gasteiger partial charge in [0.25, 0.3) is 5.91 Å². The third-order valence-corrected chi connectivity index (χ3v) is 3.89. The van der Waals surface area contributed by atoms with E-state index in [1.807, 2.05) is 45.0 Å². The number of rotatable bonds is 6. The van der Waals surface area contributed by atoms with Crippen LogP contribution in [0.2, 0.25) is 0 Å². The quantitative estimate of drug-likeness (QED) is 0.847. The zero-order valence-electron chi connectivity index (χ0n) is 14.7. The number of carbonyl (C=O) groups excluding carboxylic acids is 2. The molecular weight excluding hydrogens is 319 g/mol. The van der Waals surface area contributed by atoms with Crippen LogP contribution in [0.1, 0.15) is 35.3 Å². The Morgan fingerprint density at radius 3 is 2.36 bits per heavy atom. The van der Waals surface area contributed by atoms with Gasteiger partial charge in [0.2, 0.25) is 5.91 Å². The zero-order chi connectivity index (χ0) is 18.4. The monoisotopic (exact) mass is 342 g/mol. The van der Waals surface area contributed by atoms with Gasteiger partial charge in [0.1, 0.15) is 11.9 Å². The molecule has 0 radical (unpaired) electrons. The van der Waals surface area contributed by atoms with Gasteiger partial charge in [0.15, 0.2) is 0 Å². The molecule has 0 aliphatic rings. The summed E-state index contributed by atoms with van der Waals surface area (Å²) in [6, 6.07) is 12.4. The molecule has 2 amide bonds. The molecule has 0 aliphatic heterocycles. The van der Waals surface area contributed by atoms with E-state index in [1.165, 1.54) is 24.3 Å². The third-order valence-electron chi connectivity index (χ3n) is 3.89. The van der Waals surface area contributed by atoms with E-state index in [4.69, 9.17) is 0 Å². The van der Waals surface area contributed by atoms with Crippen LogP contribution in [-0.4, -0.2) is 17.9 Å². The number of carbonyl (C=O) groups is 2. The van der Waals surface area contributed by atoms with Crippen molar-refractivity contribution in [3.63, 3.8) is 0 Å². The Morgan fingerprint density at radius 2 is 1.76 bits per heavy atom. The summed E-state index contributed by atoms with van der Waals surface area (Å²) >= 11 is 0. The van der Waals surface area contributed by atoms with Crippen molar-refractivity contribution in [1.29, 1.82) is 0 Å². The molecule has 0 bridgehead atoms. The summed E-state index contributed by atoms with van der Waals surface area (Å²) in [7, 11) is 0. The summed E-state index contributed by atoms with van der Waals surface area (Å²) in [6.07, 6.45) is 0. The minimum Gasteiger partial charge on any atom is -0.350 e. The topological polar surface area (TPSA) is 58.2 Å². The minimum atomic E-state index is -0.664. The summed E-state index contributed by atoms with van der Waals surface area (Å²) in [4.78, 5) is 24.8. The van der Waals surface area contributed by atoms with Crippen molar-refractivity contribution < 1.29 is 14.0 Å². The van der Waals surface area contributed by atoms with Crippen LogP contribution in [0, 0.1) is 18.7 Å². The van der Waals surface area contributed by atoms with Crippen LogP contribution in [0.5, 0.6) is 0 Å². The Hall–Kier alpha value is -2.69. The fourth-order valence-corrected chi connectivity index (χ4v) is 2.48. The standard InChI is InChI=1S/C20H23FN2O2/c1-13(2)18(23-19(24)16-7-9-17(21)10-8-16)20(25)22-12-15-6-4-5-14(3)11-15/h4-11,13,18H,12H2,1-3H3,(H,22,25)(H,23,24). The molecule has 0 heterocycles. The van der Waals surface area contributed by atoms with E-state index in [9.17, 15) is 14.0 Å². The average Bonchev–Trinajstić information content (AvgIpc) is 2.57. The molecular formula is C20H23FN2O2. The number of amides is 2. The Labute approximate surface area is 147 Å². The lowest BCUT2D eigenvalue weighted by Gasteiger charge is -2.22. The highest BCUT2D eigenvalue weighted by Gasteiger charge is 2.24. The van der Waals surface area contributed by atoms with Crippen molar-refractivity contribution in [3.05, 3.63) is 71.0 Å². The van der Waals surface area contributed by atoms with Crippen LogP contribution in [0.15, 0.2) is 48.5 Å². The van der Waals surface area contributed by atoms with Gasteiger partial charge in [-0.1, -0.05) is 43.7 Å². The van der Waals surface area contributed by atoms with E-state index in [2.05, 4.69) is 10.6 Å². The molecule has 2 aromatic rings. The predicted molar refractivity (Wildman–Crippen MR) is 95.5 cm³/mol. The van der Waals surface area contributed by atoms with Gasteiger partial charge >= 0.3 is 0 Å². The lowest BCUT2D eigenvalue weighted by atomic mass is 10.0. The largest absolute Gasteiger partial charge is 0.350 e. The van der Waals surface area contributed by atoms with Crippen LogP contribution in [0.25, 0.3) is 0 Å². The second kappa shape index (κ2) is 8.42. The van der Waals surface area contributed by atoms with Gasteiger partial charge in [-0.05, 0) is 42.7 Å². The summed E-state index contributed by atoms with van der Waals surface area (Å²) in [5, 5.41) is 5.59. The van der Waals surface area contributed by atoms with Gasteiger partial charge in [0, 0.05) is 12.1 Å². The molecule has 0 spiro atoms. The van der Waals surface area contributed by atoms with Gasteiger partial charge in [-0.15, -0.1) is 0 Å². The van der Waals surface area contributed by atoms with Gasteiger partial charge in [0.05, 0.1) is 0 Å². The average molecular weight is 342 g/mol. The van der Waals surface area contributed by atoms with Crippen molar-refractivity contribution in [3.8, 4) is 0 Å². The number of hydrogen-bond donors (Lipinski definition) is 2.